The van der Waals surface area contributed by atoms with Crippen LogP contribution in [0, 0.1) is 5.82 Å². The number of carbonyl (C=O) groups is 1. The number of fused-ring (bicyclic) bond motifs is 2. The summed E-state index contributed by atoms with van der Waals surface area (Å²) in [7, 11) is 0. The molecule has 154 valence electrons. The normalized spacial score (nSPS) is 11.3. The Morgan fingerprint density at radius 2 is 1.97 bits per heavy atom. The van der Waals surface area contributed by atoms with Crippen molar-refractivity contribution in [2.24, 2.45) is 0 Å². The van der Waals surface area contributed by atoms with Gasteiger partial charge in [0.15, 0.2) is 11.5 Å². The highest BCUT2D eigenvalue weighted by molar-refractivity contribution is 6.31. The van der Waals surface area contributed by atoms with Crippen molar-refractivity contribution >= 4 is 34.1 Å². The van der Waals surface area contributed by atoms with E-state index in [0.29, 0.717) is 12.2 Å². The van der Waals surface area contributed by atoms with Crippen LogP contribution >= 0.6 is 11.6 Å². The number of nitrogens with one attached hydrogen (secondary N) is 1. The number of nitrogens with zero attached hydrogens (tertiary/aromatic N) is 7. The van der Waals surface area contributed by atoms with Crippen LogP contribution in [0.15, 0.2) is 55.4 Å². The van der Waals surface area contributed by atoms with E-state index >= 15 is 0 Å². The molecule has 31 heavy (non-hydrogen) atoms. The van der Waals surface area contributed by atoms with Crippen molar-refractivity contribution in [1.82, 2.24) is 39.7 Å². The molecule has 1 amide bonds. The molecule has 0 atom stereocenters. The van der Waals surface area contributed by atoms with Gasteiger partial charge in [0, 0.05) is 18.6 Å². The quantitative estimate of drug-likeness (QED) is 0.454. The molecule has 9 nitrogen and oxygen atoms in total. The number of carbonyl (C=O) groups excluding carboxylic acids is 1. The van der Waals surface area contributed by atoms with Gasteiger partial charge in [0.1, 0.15) is 5.52 Å². The molecule has 0 fully saturated rings. The first-order valence-electron chi connectivity index (χ1n) is 9.26. The van der Waals surface area contributed by atoms with Crippen LogP contribution in [0.5, 0.6) is 0 Å². The summed E-state index contributed by atoms with van der Waals surface area (Å²) in [5.41, 5.74) is 3.24. The fourth-order valence-corrected chi connectivity index (χ4v) is 3.39. The lowest BCUT2D eigenvalue weighted by molar-refractivity contribution is 0.0945. The highest BCUT2D eigenvalue weighted by Gasteiger charge is 2.16. The van der Waals surface area contributed by atoms with Crippen LogP contribution in [0.25, 0.3) is 16.6 Å². The molecule has 0 aliphatic heterocycles. The Hall–Kier alpha value is -3.92. The lowest BCUT2D eigenvalue weighted by Gasteiger charge is -2.03. The molecular formula is C20H14ClFN8O. The van der Waals surface area contributed by atoms with Gasteiger partial charge in [-0.1, -0.05) is 22.9 Å². The van der Waals surface area contributed by atoms with Gasteiger partial charge in [-0.2, -0.15) is 0 Å². The first-order chi connectivity index (χ1) is 15.1. The SMILES string of the molecule is O=C(NCc1ncn2ccc(Cl)c(F)c12)c1cn(Cc2ccc3nccnc3c2)nn1. The summed E-state index contributed by atoms with van der Waals surface area (Å²) >= 11 is 5.84. The van der Waals surface area contributed by atoms with Gasteiger partial charge in [-0.3, -0.25) is 14.8 Å². The van der Waals surface area contributed by atoms with Crippen LogP contribution in [-0.4, -0.2) is 40.3 Å². The molecule has 0 saturated heterocycles. The lowest BCUT2D eigenvalue weighted by atomic mass is 10.2. The summed E-state index contributed by atoms with van der Waals surface area (Å²) in [4.78, 5) is 25.1. The zero-order valence-electron chi connectivity index (χ0n) is 15.9. The standard InChI is InChI=1S/C20H14ClFN8O/c21-13-3-6-29-11-26-16(19(29)18(13)22)8-25-20(31)17-10-30(28-27-17)9-12-1-2-14-15(7-12)24-5-4-23-14/h1-7,10-11H,8-9H2,(H,25,31). The minimum absolute atomic E-state index is 0.0109. The van der Waals surface area contributed by atoms with Crippen molar-refractivity contribution in [3.05, 3.63) is 83.2 Å². The van der Waals surface area contributed by atoms with E-state index in [1.165, 1.54) is 16.8 Å². The maximum atomic E-state index is 14.3. The Bertz CT molecular complexity index is 1430. The Kier molecular flexibility index (Phi) is 4.75. The third-order valence-corrected chi connectivity index (χ3v) is 5.03. The molecule has 1 N–H and O–H groups in total. The molecule has 0 aliphatic carbocycles. The molecule has 0 spiro atoms. The van der Waals surface area contributed by atoms with Crippen LogP contribution < -0.4 is 5.32 Å². The number of imidazole rings is 1. The number of benzene rings is 1. The van der Waals surface area contributed by atoms with Gasteiger partial charge in [-0.25, -0.2) is 14.1 Å². The zero-order valence-corrected chi connectivity index (χ0v) is 16.7. The molecular weight excluding hydrogens is 423 g/mol. The van der Waals surface area contributed by atoms with Crippen LogP contribution in [0.4, 0.5) is 4.39 Å². The van der Waals surface area contributed by atoms with Crippen LogP contribution in [0.1, 0.15) is 21.7 Å². The second-order valence-corrected chi connectivity index (χ2v) is 7.20. The third-order valence-electron chi connectivity index (χ3n) is 4.73. The van der Waals surface area contributed by atoms with E-state index in [-0.39, 0.29) is 22.8 Å². The number of amides is 1. The van der Waals surface area contributed by atoms with Gasteiger partial charge >= 0.3 is 0 Å². The molecule has 1 aromatic carbocycles. The monoisotopic (exact) mass is 436 g/mol. The summed E-state index contributed by atoms with van der Waals surface area (Å²) in [6.45, 7) is 0.436. The van der Waals surface area contributed by atoms with E-state index < -0.39 is 11.7 Å². The summed E-state index contributed by atoms with van der Waals surface area (Å²) < 4.78 is 17.4. The summed E-state index contributed by atoms with van der Waals surface area (Å²) in [6, 6.07) is 7.15. The van der Waals surface area contributed by atoms with Crippen molar-refractivity contribution in [3.8, 4) is 0 Å². The predicted molar refractivity (Wildman–Crippen MR) is 110 cm³/mol. The van der Waals surface area contributed by atoms with Gasteiger partial charge in [0.25, 0.3) is 5.91 Å². The predicted octanol–water partition coefficient (Wildman–Crippen LogP) is 2.64. The van der Waals surface area contributed by atoms with Gasteiger partial charge in [0.05, 0.1) is 47.4 Å². The average Bonchev–Trinajstić information content (AvgIpc) is 3.42. The van der Waals surface area contributed by atoms with E-state index in [1.54, 1.807) is 29.5 Å². The number of halogens is 2. The molecule has 5 aromatic rings. The largest absolute Gasteiger partial charge is 0.345 e. The van der Waals surface area contributed by atoms with Gasteiger partial charge < -0.3 is 9.72 Å². The molecule has 11 heteroatoms. The molecule has 4 aromatic heterocycles. The Morgan fingerprint density at radius 3 is 2.84 bits per heavy atom. The van der Waals surface area contributed by atoms with Crippen LogP contribution in [-0.2, 0) is 13.1 Å². The Labute approximate surface area is 179 Å². The van der Waals surface area contributed by atoms with Gasteiger partial charge in [-0.05, 0) is 23.8 Å². The number of pyridine rings is 1. The Balaban J connectivity index is 1.28. The second kappa shape index (κ2) is 7.73. The molecule has 0 radical (unpaired) electrons. The smallest absolute Gasteiger partial charge is 0.273 e. The maximum Gasteiger partial charge on any atom is 0.273 e. The summed E-state index contributed by atoms with van der Waals surface area (Å²) in [6.07, 6.45) is 7.87. The van der Waals surface area contributed by atoms with E-state index in [0.717, 1.165) is 16.6 Å². The number of hydrogen-bond acceptors (Lipinski definition) is 6. The minimum Gasteiger partial charge on any atom is -0.345 e. The molecule has 4 heterocycles. The van der Waals surface area contributed by atoms with Crippen molar-refractivity contribution in [2.45, 2.75) is 13.1 Å². The summed E-state index contributed by atoms with van der Waals surface area (Å²) in [5.74, 6) is -1.03. The molecule has 0 saturated carbocycles. The van der Waals surface area contributed by atoms with E-state index in [9.17, 15) is 9.18 Å². The van der Waals surface area contributed by atoms with E-state index in [2.05, 4.69) is 30.6 Å². The highest BCUT2D eigenvalue weighted by atomic mass is 35.5. The van der Waals surface area contributed by atoms with Crippen molar-refractivity contribution in [3.63, 3.8) is 0 Å². The van der Waals surface area contributed by atoms with Crippen LogP contribution in [0.3, 0.4) is 0 Å². The molecule has 0 unspecified atom stereocenters. The average molecular weight is 437 g/mol. The molecule has 5 rings (SSSR count). The zero-order chi connectivity index (χ0) is 21.4. The third kappa shape index (κ3) is 3.68. The van der Waals surface area contributed by atoms with E-state index in [4.69, 9.17) is 11.6 Å². The first kappa shape index (κ1) is 19.1. The summed E-state index contributed by atoms with van der Waals surface area (Å²) in [5, 5.41) is 10.6. The fourth-order valence-electron chi connectivity index (χ4n) is 3.24. The lowest BCUT2D eigenvalue weighted by Crippen LogP contribution is -2.23. The highest BCUT2D eigenvalue weighted by Crippen LogP contribution is 2.21. The van der Waals surface area contributed by atoms with Crippen molar-refractivity contribution < 1.29 is 9.18 Å². The molecule has 0 aliphatic rings. The second-order valence-electron chi connectivity index (χ2n) is 6.79. The Morgan fingerprint density at radius 1 is 1.13 bits per heavy atom. The number of hydrogen-bond donors (Lipinski definition) is 1. The number of aromatic nitrogens is 7. The fraction of sp³-hybridized carbons (Fsp3) is 0.100. The first-order valence-corrected chi connectivity index (χ1v) is 9.64. The van der Waals surface area contributed by atoms with E-state index in [1.807, 2.05) is 18.2 Å². The van der Waals surface area contributed by atoms with Crippen LogP contribution in [0.2, 0.25) is 5.02 Å². The van der Waals surface area contributed by atoms with Gasteiger partial charge in [-0.15, -0.1) is 5.10 Å². The number of rotatable bonds is 5. The van der Waals surface area contributed by atoms with Crippen molar-refractivity contribution in [1.29, 1.82) is 0 Å². The topological polar surface area (TPSA) is 103 Å². The maximum absolute atomic E-state index is 14.3. The molecule has 0 bridgehead atoms. The van der Waals surface area contributed by atoms with Crippen molar-refractivity contribution in [2.75, 3.05) is 0 Å². The van der Waals surface area contributed by atoms with Gasteiger partial charge in [0.2, 0.25) is 0 Å². The minimum atomic E-state index is -0.586.